The number of ether oxygens (including phenoxy) is 2. The second-order valence-electron chi connectivity index (χ2n) is 10.2. The first kappa shape index (κ1) is 21.3. The summed E-state index contributed by atoms with van der Waals surface area (Å²) >= 11 is 0. The maximum atomic E-state index is 6.60. The van der Waals surface area contributed by atoms with Gasteiger partial charge in [-0.2, -0.15) is 10.2 Å². The highest BCUT2D eigenvalue weighted by molar-refractivity contribution is 5.47. The first-order chi connectivity index (χ1) is 17.2. The van der Waals surface area contributed by atoms with Crippen LogP contribution < -0.4 is 15.3 Å². The van der Waals surface area contributed by atoms with E-state index in [0.717, 1.165) is 79.9 Å². The molecule has 2 aliphatic heterocycles. The largest absolute Gasteiger partial charge is 0.453 e. The molecule has 35 heavy (non-hydrogen) atoms. The van der Waals surface area contributed by atoms with E-state index in [4.69, 9.17) is 24.7 Å². The zero-order valence-electron chi connectivity index (χ0n) is 20.3. The Bertz CT molecular complexity index is 1340. The lowest BCUT2D eigenvalue weighted by Crippen LogP contribution is -2.39. The zero-order chi connectivity index (χ0) is 23.4. The Hall–Kier alpha value is -2.97. The van der Waals surface area contributed by atoms with Gasteiger partial charge in [0.15, 0.2) is 5.75 Å². The molecule has 0 amide bonds. The quantitative estimate of drug-likeness (QED) is 0.550. The fourth-order valence-electron chi connectivity index (χ4n) is 5.64. The van der Waals surface area contributed by atoms with Crippen LogP contribution >= 0.6 is 0 Å². The van der Waals surface area contributed by atoms with Crippen molar-refractivity contribution < 1.29 is 9.47 Å². The molecular weight excluding hydrogens is 440 g/mol. The van der Waals surface area contributed by atoms with Crippen molar-refractivity contribution in [2.45, 2.75) is 76.7 Å². The third-order valence-electron chi connectivity index (χ3n) is 7.81. The fourth-order valence-corrected chi connectivity index (χ4v) is 5.64. The predicted molar refractivity (Wildman–Crippen MR) is 131 cm³/mol. The molecule has 8 heteroatoms. The number of rotatable bonds is 6. The van der Waals surface area contributed by atoms with Crippen molar-refractivity contribution in [2.24, 2.45) is 0 Å². The second kappa shape index (κ2) is 8.60. The lowest BCUT2D eigenvalue weighted by Gasteiger charge is -2.25. The van der Waals surface area contributed by atoms with Gasteiger partial charge in [0.05, 0.1) is 23.3 Å². The van der Waals surface area contributed by atoms with Crippen LogP contribution in [0.2, 0.25) is 0 Å². The molecular formula is C27H32N6O2. The number of hydrogen-bond acceptors (Lipinski definition) is 6. The first-order valence-corrected chi connectivity index (χ1v) is 13.1. The molecule has 4 aliphatic rings. The number of pyridine rings is 1. The summed E-state index contributed by atoms with van der Waals surface area (Å²) in [4.78, 5) is 7.21. The van der Waals surface area contributed by atoms with Crippen LogP contribution in [0.25, 0.3) is 12.2 Å². The Morgan fingerprint density at radius 3 is 2.74 bits per heavy atom. The van der Waals surface area contributed by atoms with Crippen LogP contribution in [0.1, 0.15) is 67.9 Å². The molecule has 8 nitrogen and oxygen atoms in total. The van der Waals surface area contributed by atoms with E-state index in [-0.39, 0.29) is 0 Å². The Morgan fingerprint density at radius 1 is 1.06 bits per heavy atom. The number of hydrogen-bond donors (Lipinski definition) is 0. The van der Waals surface area contributed by atoms with Crippen LogP contribution in [-0.2, 0) is 24.4 Å². The van der Waals surface area contributed by atoms with Gasteiger partial charge < -0.3 is 9.47 Å². The molecule has 0 N–H and O–H groups in total. The normalized spacial score (nSPS) is 22.4. The summed E-state index contributed by atoms with van der Waals surface area (Å²) in [6.07, 6.45) is 16.1. The maximum Gasteiger partial charge on any atom is 0.168 e. The van der Waals surface area contributed by atoms with E-state index in [0.29, 0.717) is 18.0 Å². The Morgan fingerprint density at radius 2 is 1.94 bits per heavy atom. The van der Waals surface area contributed by atoms with Crippen molar-refractivity contribution in [3.05, 3.63) is 52.2 Å². The smallest absolute Gasteiger partial charge is 0.168 e. The van der Waals surface area contributed by atoms with Gasteiger partial charge in [0.1, 0.15) is 11.4 Å². The van der Waals surface area contributed by atoms with Crippen molar-refractivity contribution in [2.75, 3.05) is 13.2 Å². The molecule has 1 saturated heterocycles. The minimum atomic E-state index is 0.324. The molecule has 182 valence electrons. The van der Waals surface area contributed by atoms with Crippen LogP contribution in [-0.4, -0.2) is 48.7 Å². The molecule has 0 spiro atoms. The topological polar surface area (TPSA) is 70.2 Å². The lowest BCUT2D eigenvalue weighted by atomic mass is 9.96. The number of aryl methyl sites for hydroxylation is 1. The van der Waals surface area contributed by atoms with E-state index in [1.807, 2.05) is 16.9 Å². The molecule has 0 bridgehead atoms. The lowest BCUT2D eigenvalue weighted by molar-refractivity contribution is 0.0839. The van der Waals surface area contributed by atoms with Crippen molar-refractivity contribution in [1.29, 1.82) is 0 Å². The highest BCUT2D eigenvalue weighted by atomic mass is 16.5. The SMILES string of the molecule is CCn1cc2c(n1)CN(C1C=c3nccc(Oc4cn(C5CC5)nc4C4CCOCC4)c3=CC1)C2. The molecule has 3 aromatic rings. The molecule has 0 radical (unpaired) electrons. The number of fused-ring (bicyclic) bond motifs is 2. The van der Waals surface area contributed by atoms with Crippen LogP contribution in [0.4, 0.5) is 0 Å². The minimum absolute atomic E-state index is 0.324. The van der Waals surface area contributed by atoms with Gasteiger partial charge in [-0.25, -0.2) is 0 Å². The molecule has 1 atom stereocenters. The summed E-state index contributed by atoms with van der Waals surface area (Å²) in [5.41, 5.74) is 3.65. The molecule has 1 unspecified atom stereocenters. The highest BCUT2D eigenvalue weighted by Gasteiger charge is 2.31. The van der Waals surface area contributed by atoms with Gasteiger partial charge in [0, 0.05) is 68.0 Å². The van der Waals surface area contributed by atoms with E-state index in [1.54, 1.807) is 0 Å². The summed E-state index contributed by atoms with van der Waals surface area (Å²) < 4.78 is 16.4. The number of nitrogens with zero attached hydrogens (tertiary/aromatic N) is 6. The molecule has 5 heterocycles. The van der Waals surface area contributed by atoms with E-state index in [1.165, 1.54) is 24.1 Å². The summed E-state index contributed by atoms with van der Waals surface area (Å²) in [7, 11) is 0. The maximum absolute atomic E-state index is 6.60. The second-order valence-corrected chi connectivity index (χ2v) is 10.2. The van der Waals surface area contributed by atoms with E-state index in [9.17, 15) is 0 Å². The van der Waals surface area contributed by atoms with Crippen molar-refractivity contribution >= 4 is 12.2 Å². The van der Waals surface area contributed by atoms with E-state index in [2.05, 4.69) is 41.1 Å². The molecule has 0 aromatic carbocycles. The monoisotopic (exact) mass is 472 g/mol. The predicted octanol–water partition coefficient (Wildman–Crippen LogP) is 2.86. The summed E-state index contributed by atoms with van der Waals surface area (Å²) in [5.74, 6) is 2.16. The third-order valence-corrected chi connectivity index (χ3v) is 7.81. The van der Waals surface area contributed by atoms with Gasteiger partial charge in [-0.1, -0.05) is 6.08 Å². The highest BCUT2D eigenvalue weighted by Crippen LogP contribution is 2.40. The van der Waals surface area contributed by atoms with Crippen LogP contribution in [0, 0.1) is 0 Å². The molecule has 7 rings (SSSR count). The summed E-state index contributed by atoms with van der Waals surface area (Å²) in [6.45, 7) is 6.50. The summed E-state index contributed by atoms with van der Waals surface area (Å²) in [6, 6.07) is 2.84. The van der Waals surface area contributed by atoms with Crippen LogP contribution in [0.15, 0.2) is 24.7 Å². The molecule has 2 aliphatic carbocycles. The average molecular weight is 473 g/mol. The summed E-state index contributed by atoms with van der Waals surface area (Å²) in [5, 5.41) is 11.8. The third kappa shape index (κ3) is 3.98. The Balaban J connectivity index is 1.16. The van der Waals surface area contributed by atoms with E-state index < -0.39 is 0 Å². The molecule has 3 aromatic heterocycles. The minimum Gasteiger partial charge on any atom is -0.453 e. The van der Waals surface area contributed by atoms with Crippen molar-refractivity contribution in [1.82, 2.24) is 29.4 Å². The van der Waals surface area contributed by atoms with Gasteiger partial charge in [0.2, 0.25) is 0 Å². The van der Waals surface area contributed by atoms with Gasteiger partial charge in [-0.05, 0) is 51.2 Å². The fraction of sp³-hybridized carbons (Fsp3) is 0.519. The van der Waals surface area contributed by atoms with Crippen LogP contribution in [0.5, 0.6) is 11.5 Å². The molecule has 2 fully saturated rings. The van der Waals surface area contributed by atoms with Crippen molar-refractivity contribution in [3.8, 4) is 11.5 Å². The van der Waals surface area contributed by atoms with Gasteiger partial charge in [0.25, 0.3) is 0 Å². The Labute approximate surface area is 204 Å². The van der Waals surface area contributed by atoms with Gasteiger partial charge in [-0.3, -0.25) is 19.2 Å². The van der Waals surface area contributed by atoms with Gasteiger partial charge >= 0.3 is 0 Å². The first-order valence-electron chi connectivity index (χ1n) is 13.1. The van der Waals surface area contributed by atoms with Gasteiger partial charge in [-0.15, -0.1) is 0 Å². The number of aromatic nitrogens is 5. The Kier molecular flexibility index (Phi) is 5.24. The van der Waals surface area contributed by atoms with Crippen LogP contribution in [0.3, 0.4) is 0 Å². The standard InChI is InChI=1S/C27H32N6O2/c1-2-32-15-19-14-31(16-24(19)29-32)21-5-6-22-23(13-21)28-10-7-25(22)35-26-17-33(20-3-4-20)30-27(26)18-8-11-34-12-9-18/h6-7,10,13,15,17-18,20-21H,2-5,8-9,11-12,14,16H2,1H3. The van der Waals surface area contributed by atoms with E-state index >= 15 is 0 Å². The molecule has 1 saturated carbocycles. The van der Waals surface area contributed by atoms with Crippen molar-refractivity contribution in [3.63, 3.8) is 0 Å². The average Bonchev–Trinajstić information content (AvgIpc) is 3.36. The zero-order valence-corrected chi connectivity index (χ0v) is 20.3.